The third-order valence-electron chi connectivity index (χ3n) is 3.21. The van der Waals surface area contributed by atoms with Crippen LogP contribution in [0.25, 0.3) is 10.9 Å². The Bertz CT molecular complexity index is 899. The summed E-state index contributed by atoms with van der Waals surface area (Å²) in [6.07, 6.45) is 3.24. The number of hydrogen-bond donors (Lipinski definition) is 2. The minimum Gasteiger partial charge on any atom is -0.462 e. The van der Waals surface area contributed by atoms with Crippen molar-refractivity contribution in [1.29, 1.82) is 0 Å². The summed E-state index contributed by atoms with van der Waals surface area (Å²) in [5.74, 6) is -0.179. The van der Waals surface area contributed by atoms with Crippen molar-refractivity contribution in [3.63, 3.8) is 0 Å². The van der Waals surface area contributed by atoms with E-state index in [1.54, 1.807) is 13.0 Å². The van der Waals surface area contributed by atoms with E-state index in [4.69, 9.17) is 4.74 Å². The summed E-state index contributed by atoms with van der Waals surface area (Å²) >= 11 is 1.34. The highest BCUT2D eigenvalue weighted by atomic mass is 32.2. The monoisotopic (exact) mass is 347 g/mol. The highest BCUT2D eigenvalue weighted by molar-refractivity contribution is 7.98. The van der Waals surface area contributed by atoms with E-state index >= 15 is 0 Å². The number of carbonyl (C=O) groups is 1. The maximum absolute atomic E-state index is 13.3. The number of halogens is 1. The van der Waals surface area contributed by atoms with Gasteiger partial charge in [0.1, 0.15) is 11.4 Å². The fourth-order valence-electron chi connectivity index (χ4n) is 2.12. The van der Waals surface area contributed by atoms with Crippen LogP contribution in [-0.4, -0.2) is 39.0 Å². The summed E-state index contributed by atoms with van der Waals surface area (Å²) in [6, 6.07) is 4.27. The van der Waals surface area contributed by atoms with Gasteiger partial charge in [0.25, 0.3) is 0 Å². The molecule has 0 fully saturated rings. The van der Waals surface area contributed by atoms with Gasteiger partial charge in [0.2, 0.25) is 0 Å². The molecule has 2 aromatic heterocycles. The first-order valence-electron chi connectivity index (χ1n) is 7.11. The second kappa shape index (κ2) is 6.83. The fraction of sp³-hybridized carbons (Fsp3) is 0.200. The lowest BCUT2D eigenvalue weighted by atomic mass is 10.2. The Hall–Kier alpha value is -2.68. The molecule has 0 spiro atoms. The lowest BCUT2D eigenvalue weighted by Crippen LogP contribution is -2.11. The van der Waals surface area contributed by atoms with Crippen LogP contribution in [0, 0.1) is 5.82 Å². The van der Waals surface area contributed by atoms with Crippen molar-refractivity contribution in [2.75, 3.05) is 18.2 Å². The lowest BCUT2D eigenvalue weighted by molar-refractivity contribution is 0.0526. The molecule has 0 bridgehead atoms. The van der Waals surface area contributed by atoms with Crippen molar-refractivity contribution in [3.05, 3.63) is 35.8 Å². The minimum absolute atomic E-state index is 0.202. The third kappa shape index (κ3) is 3.16. The molecule has 2 N–H and O–H groups in total. The van der Waals surface area contributed by atoms with Gasteiger partial charge in [-0.05, 0) is 31.4 Å². The van der Waals surface area contributed by atoms with Crippen molar-refractivity contribution in [1.82, 2.24) is 20.2 Å². The van der Waals surface area contributed by atoms with E-state index in [2.05, 4.69) is 25.5 Å². The third-order valence-corrected chi connectivity index (χ3v) is 3.77. The van der Waals surface area contributed by atoms with Crippen molar-refractivity contribution in [2.24, 2.45) is 0 Å². The molecule has 24 heavy (non-hydrogen) atoms. The number of rotatable bonds is 5. The molecule has 7 nitrogen and oxygen atoms in total. The molecule has 0 radical (unpaired) electrons. The second-order valence-corrected chi connectivity index (χ2v) is 5.50. The first-order chi connectivity index (χ1) is 11.6. The molecule has 3 rings (SSSR count). The van der Waals surface area contributed by atoms with Crippen molar-refractivity contribution >= 4 is 40.3 Å². The second-order valence-electron chi connectivity index (χ2n) is 4.73. The van der Waals surface area contributed by atoms with Gasteiger partial charge < -0.3 is 10.1 Å². The quantitative estimate of drug-likeness (QED) is 0.416. The first kappa shape index (κ1) is 16.2. The zero-order valence-electron chi connectivity index (χ0n) is 13.0. The van der Waals surface area contributed by atoms with Crippen LogP contribution in [0.15, 0.2) is 29.6 Å². The van der Waals surface area contributed by atoms with Gasteiger partial charge in [-0.1, -0.05) is 11.8 Å². The average molecular weight is 347 g/mol. The number of aromatic amines is 1. The summed E-state index contributed by atoms with van der Waals surface area (Å²) < 4.78 is 18.3. The molecule has 0 unspecified atom stereocenters. The van der Waals surface area contributed by atoms with E-state index < -0.39 is 5.97 Å². The molecular weight excluding hydrogens is 333 g/mol. The van der Waals surface area contributed by atoms with Crippen LogP contribution >= 0.6 is 11.8 Å². The number of aromatic nitrogens is 4. The normalized spacial score (nSPS) is 10.8. The molecule has 9 heteroatoms. The summed E-state index contributed by atoms with van der Waals surface area (Å²) in [5.41, 5.74) is 0.738. The predicted octanol–water partition coefficient (Wildman–Crippen LogP) is 3.13. The molecule has 3 aromatic rings. The predicted molar refractivity (Wildman–Crippen MR) is 89.1 cm³/mol. The van der Waals surface area contributed by atoms with E-state index in [0.29, 0.717) is 21.9 Å². The number of anilines is 2. The van der Waals surface area contributed by atoms with Crippen LogP contribution in [0.4, 0.5) is 16.0 Å². The number of thioether (sulfide) groups is 1. The van der Waals surface area contributed by atoms with Crippen LogP contribution < -0.4 is 5.32 Å². The number of nitrogens with zero attached hydrogens (tertiary/aromatic N) is 3. The molecule has 0 aliphatic rings. The van der Waals surface area contributed by atoms with E-state index in [1.807, 2.05) is 6.26 Å². The Balaban J connectivity index is 2.02. The van der Waals surface area contributed by atoms with Crippen molar-refractivity contribution in [2.45, 2.75) is 12.1 Å². The van der Waals surface area contributed by atoms with Crippen LogP contribution in [0.3, 0.4) is 0 Å². The fourth-order valence-corrected chi connectivity index (χ4v) is 2.46. The van der Waals surface area contributed by atoms with Gasteiger partial charge in [0, 0.05) is 11.6 Å². The molecular formula is C15H14FN5O2S. The molecule has 2 heterocycles. The Morgan fingerprint density at radius 3 is 3.00 bits per heavy atom. The summed E-state index contributed by atoms with van der Waals surface area (Å²) in [4.78, 5) is 20.5. The molecule has 1 aromatic carbocycles. The molecule has 0 saturated heterocycles. The highest BCUT2D eigenvalue weighted by Gasteiger charge is 2.18. The van der Waals surface area contributed by atoms with E-state index in [-0.39, 0.29) is 23.8 Å². The topological polar surface area (TPSA) is 92.8 Å². The zero-order valence-corrected chi connectivity index (χ0v) is 13.8. The number of ether oxygens (including phenoxy) is 1. The van der Waals surface area contributed by atoms with Gasteiger partial charge in [-0.15, -0.1) is 0 Å². The van der Waals surface area contributed by atoms with Crippen molar-refractivity contribution in [3.8, 4) is 0 Å². The summed E-state index contributed by atoms with van der Waals surface area (Å²) in [5, 5.41) is 11.0. The van der Waals surface area contributed by atoms with E-state index in [9.17, 15) is 9.18 Å². The van der Waals surface area contributed by atoms with Crippen molar-refractivity contribution < 1.29 is 13.9 Å². The molecule has 0 amide bonds. The van der Waals surface area contributed by atoms with E-state index in [1.165, 1.54) is 30.1 Å². The van der Waals surface area contributed by atoms with Gasteiger partial charge in [-0.2, -0.15) is 5.10 Å². The maximum atomic E-state index is 13.3. The van der Waals surface area contributed by atoms with Crippen LogP contribution in [0.2, 0.25) is 0 Å². The maximum Gasteiger partial charge on any atom is 0.343 e. The first-order valence-corrected chi connectivity index (χ1v) is 8.33. The Morgan fingerprint density at radius 1 is 1.42 bits per heavy atom. The number of esters is 1. The Kier molecular flexibility index (Phi) is 4.61. The van der Waals surface area contributed by atoms with Crippen LogP contribution in [0.5, 0.6) is 0 Å². The molecule has 124 valence electrons. The Morgan fingerprint density at radius 2 is 2.25 bits per heavy atom. The van der Waals surface area contributed by atoms with Gasteiger partial charge in [0.05, 0.1) is 12.1 Å². The van der Waals surface area contributed by atoms with Gasteiger partial charge in [-0.3, -0.25) is 5.10 Å². The number of carbonyl (C=O) groups excluding carboxylic acids is 1. The smallest absolute Gasteiger partial charge is 0.343 e. The lowest BCUT2D eigenvalue weighted by Gasteiger charge is -2.09. The molecule has 0 atom stereocenters. The van der Waals surface area contributed by atoms with Gasteiger partial charge in [0.15, 0.2) is 16.8 Å². The van der Waals surface area contributed by atoms with Crippen LogP contribution in [0.1, 0.15) is 17.3 Å². The highest BCUT2D eigenvalue weighted by Crippen LogP contribution is 2.26. The standard InChI is InChI=1S/C15H14FN5O2S/c1-3-23-14(22)10-7-17-15(24-2)19-12(10)18-13-9-5-4-8(16)6-11(9)20-21-13/h4-7H,3H2,1-2H3,(H2,17,18,19,20,21). The zero-order chi connectivity index (χ0) is 17.1. The summed E-state index contributed by atoms with van der Waals surface area (Å²) in [6.45, 7) is 1.96. The SMILES string of the molecule is CCOC(=O)c1cnc(SC)nc1Nc1n[nH]c2cc(F)ccc12. The molecule has 0 aliphatic carbocycles. The number of benzene rings is 1. The molecule has 0 saturated carbocycles. The summed E-state index contributed by atoms with van der Waals surface area (Å²) in [7, 11) is 0. The molecule has 0 aliphatic heterocycles. The number of hydrogen-bond acceptors (Lipinski definition) is 7. The van der Waals surface area contributed by atoms with Gasteiger partial charge >= 0.3 is 5.97 Å². The minimum atomic E-state index is -0.529. The number of H-pyrrole nitrogens is 1. The average Bonchev–Trinajstić information content (AvgIpc) is 2.97. The van der Waals surface area contributed by atoms with Gasteiger partial charge in [-0.25, -0.2) is 19.2 Å². The van der Waals surface area contributed by atoms with Crippen LogP contribution in [-0.2, 0) is 4.74 Å². The number of fused-ring (bicyclic) bond motifs is 1. The Labute approximate surface area is 141 Å². The van der Waals surface area contributed by atoms with E-state index in [0.717, 1.165) is 0 Å². The largest absolute Gasteiger partial charge is 0.462 e. The number of nitrogens with one attached hydrogen (secondary N) is 2.